The van der Waals surface area contributed by atoms with Crippen molar-refractivity contribution in [3.05, 3.63) is 0 Å². The van der Waals surface area contributed by atoms with Crippen LogP contribution in [0.3, 0.4) is 0 Å². The molecule has 21 heteroatoms. The third-order valence-electron chi connectivity index (χ3n) is 8.26. The Morgan fingerprint density at radius 2 is 1.00 bits per heavy atom. The second-order valence-corrected chi connectivity index (χ2v) is 11.3. The van der Waals surface area contributed by atoms with E-state index in [1.807, 2.05) is 0 Å². The standard InChI is InChI=1S/C24H42O21/c25-1-6-11(29)16(34)19(21(38)41-6)40-5-24(20(37)13(31)8(3-27)44-24)45-23-18(36)15(33)12(30)9(43-23)4-39-22-17(35)14(32)10(28)7(2-26)42-22/h6-23,25-38H,1-5H2/t6-,7-,8-,9-,10+,11+,12-,13-,14+,15+,16+,17-,18-,19-,20+,21+,22+,23-,24+/m1/s1. The first-order valence-electron chi connectivity index (χ1n) is 14.1. The highest BCUT2D eigenvalue weighted by molar-refractivity contribution is 5.00. The summed E-state index contributed by atoms with van der Waals surface area (Å²) in [6, 6.07) is 0. The quantitative estimate of drug-likeness (QED) is 0.0973. The molecule has 19 atom stereocenters. The van der Waals surface area contributed by atoms with Gasteiger partial charge in [0.15, 0.2) is 18.9 Å². The van der Waals surface area contributed by atoms with Gasteiger partial charge < -0.3 is 105 Å². The molecule has 0 amide bonds. The third-order valence-corrected chi connectivity index (χ3v) is 8.26. The molecule has 0 aromatic rings. The van der Waals surface area contributed by atoms with Gasteiger partial charge in [0, 0.05) is 0 Å². The van der Waals surface area contributed by atoms with Crippen LogP contribution in [0.1, 0.15) is 0 Å². The Morgan fingerprint density at radius 3 is 1.58 bits per heavy atom. The molecule has 14 N–H and O–H groups in total. The Labute approximate surface area is 254 Å². The van der Waals surface area contributed by atoms with Gasteiger partial charge in [-0.05, 0) is 0 Å². The molecule has 45 heavy (non-hydrogen) atoms. The number of hydrogen-bond donors (Lipinski definition) is 14. The first-order valence-corrected chi connectivity index (χ1v) is 14.1. The summed E-state index contributed by atoms with van der Waals surface area (Å²) in [4.78, 5) is 0. The molecular formula is C24H42O21. The molecule has 4 aliphatic heterocycles. The number of hydrogen-bond acceptors (Lipinski definition) is 21. The minimum absolute atomic E-state index is 0.732. The molecule has 21 nitrogen and oxygen atoms in total. The molecule has 4 saturated heterocycles. The molecule has 264 valence electrons. The number of aliphatic hydroxyl groups excluding tert-OH is 14. The lowest BCUT2D eigenvalue weighted by molar-refractivity contribution is -0.396. The summed E-state index contributed by atoms with van der Waals surface area (Å²) in [6.07, 6.45) is -32.1. The molecule has 0 aromatic carbocycles. The van der Waals surface area contributed by atoms with Crippen LogP contribution in [0, 0.1) is 0 Å². The smallest absolute Gasteiger partial charge is 0.224 e. The fraction of sp³-hybridized carbons (Fsp3) is 1.00. The van der Waals surface area contributed by atoms with E-state index in [2.05, 4.69) is 0 Å². The molecule has 0 unspecified atom stereocenters. The van der Waals surface area contributed by atoms with E-state index in [1.54, 1.807) is 0 Å². The van der Waals surface area contributed by atoms with E-state index in [0.29, 0.717) is 0 Å². The average molecular weight is 667 g/mol. The second-order valence-electron chi connectivity index (χ2n) is 11.3. The van der Waals surface area contributed by atoms with Gasteiger partial charge >= 0.3 is 0 Å². The van der Waals surface area contributed by atoms with E-state index in [9.17, 15) is 71.5 Å². The van der Waals surface area contributed by atoms with Crippen LogP contribution in [-0.4, -0.2) is 221 Å². The number of ether oxygens (including phenoxy) is 7. The van der Waals surface area contributed by atoms with Crippen molar-refractivity contribution in [2.75, 3.05) is 33.0 Å². The monoisotopic (exact) mass is 666 g/mol. The van der Waals surface area contributed by atoms with Gasteiger partial charge in [-0.1, -0.05) is 0 Å². The maximum atomic E-state index is 10.9. The molecular weight excluding hydrogens is 624 g/mol. The molecule has 0 bridgehead atoms. The van der Waals surface area contributed by atoms with Gasteiger partial charge in [0.25, 0.3) is 0 Å². The molecule has 0 aromatic heterocycles. The van der Waals surface area contributed by atoms with Crippen molar-refractivity contribution in [1.29, 1.82) is 0 Å². The summed E-state index contributed by atoms with van der Waals surface area (Å²) < 4.78 is 37.8. The van der Waals surface area contributed by atoms with Crippen molar-refractivity contribution in [2.24, 2.45) is 0 Å². The first kappa shape index (κ1) is 37.0. The lowest BCUT2D eigenvalue weighted by Gasteiger charge is -2.45. The predicted octanol–water partition coefficient (Wildman–Crippen LogP) is -9.75. The van der Waals surface area contributed by atoms with Crippen molar-refractivity contribution in [1.82, 2.24) is 0 Å². The maximum Gasteiger partial charge on any atom is 0.224 e. The van der Waals surface area contributed by atoms with E-state index >= 15 is 0 Å². The summed E-state index contributed by atoms with van der Waals surface area (Å²) in [7, 11) is 0. The Balaban J connectivity index is 1.50. The van der Waals surface area contributed by atoms with Crippen LogP contribution < -0.4 is 0 Å². The van der Waals surface area contributed by atoms with Crippen LogP contribution in [0.15, 0.2) is 0 Å². The third kappa shape index (κ3) is 7.29. The maximum absolute atomic E-state index is 10.9. The largest absolute Gasteiger partial charge is 0.394 e. The highest BCUT2D eigenvalue weighted by atomic mass is 16.8. The zero-order chi connectivity index (χ0) is 33.4. The summed E-state index contributed by atoms with van der Waals surface area (Å²) >= 11 is 0. The lowest BCUT2D eigenvalue weighted by atomic mass is 9.98. The molecule has 0 radical (unpaired) electrons. The van der Waals surface area contributed by atoms with Crippen LogP contribution in [0.2, 0.25) is 0 Å². The van der Waals surface area contributed by atoms with Gasteiger partial charge in [-0.3, -0.25) is 0 Å². The van der Waals surface area contributed by atoms with Crippen LogP contribution in [0.5, 0.6) is 0 Å². The zero-order valence-corrected chi connectivity index (χ0v) is 23.5. The van der Waals surface area contributed by atoms with E-state index in [1.165, 1.54) is 0 Å². The van der Waals surface area contributed by atoms with E-state index in [0.717, 1.165) is 0 Å². The molecule has 0 spiro atoms. The highest BCUT2D eigenvalue weighted by Gasteiger charge is 2.60. The Morgan fingerprint density at radius 1 is 0.489 bits per heavy atom. The van der Waals surface area contributed by atoms with Gasteiger partial charge in [0.2, 0.25) is 5.79 Å². The van der Waals surface area contributed by atoms with Crippen LogP contribution in [0.25, 0.3) is 0 Å². The van der Waals surface area contributed by atoms with Crippen molar-refractivity contribution in [3.8, 4) is 0 Å². The normalized spacial score (nSPS) is 52.7. The topological polar surface area (TPSA) is 348 Å². The molecule has 4 aliphatic rings. The summed E-state index contributed by atoms with van der Waals surface area (Å²) in [5.41, 5.74) is 0. The van der Waals surface area contributed by atoms with Crippen LogP contribution in [-0.2, 0) is 33.2 Å². The van der Waals surface area contributed by atoms with Crippen molar-refractivity contribution in [2.45, 2.75) is 116 Å². The number of rotatable bonds is 11. The molecule has 0 aliphatic carbocycles. The van der Waals surface area contributed by atoms with E-state index < -0.39 is 149 Å². The Kier molecular flexibility index (Phi) is 12.5. The zero-order valence-electron chi connectivity index (χ0n) is 23.5. The summed E-state index contributed by atoms with van der Waals surface area (Å²) in [6.45, 7) is -4.15. The van der Waals surface area contributed by atoms with E-state index in [-0.39, 0.29) is 0 Å². The van der Waals surface area contributed by atoms with Gasteiger partial charge in [0.05, 0.1) is 26.4 Å². The fourth-order valence-corrected chi connectivity index (χ4v) is 5.46. The molecule has 4 fully saturated rings. The molecule has 0 saturated carbocycles. The van der Waals surface area contributed by atoms with Crippen LogP contribution in [0.4, 0.5) is 0 Å². The van der Waals surface area contributed by atoms with Gasteiger partial charge in [0.1, 0.15) is 98.2 Å². The lowest BCUT2D eigenvalue weighted by Crippen LogP contribution is -2.64. The van der Waals surface area contributed by atoms with Gasteiger partial charge in [-0.25, -0.2) is 0 Å². The predicted molar refractivity (Wildman–Crippen MR) is 134 cm³/mol. The molecule has 4 heterocycles. The minimum Gasteiger partial charge on any atom is -0.394 e. The van der Waals surface area contributed by atoms with Crippen molar-refractivity contribution in [3.63, 3.8) is 0 Å². The number of aliphatic hydroxyl groups is 14. The minimum atomic E-state index is -2.58. The summed E-state index contributed by atoms with van der Waals surface area (Å²) in [5, 5.41) is 142. The SMILES string of the molecule is OC[C@H]1O[C@H](OC[C@H]2O[C@H](O[C@]3(CO[C@@H]4[C@@H](O)[C@@H](O)[C@@H](CO)O[C@@H]4O)O[C@H](CO)[C@@H](O)[C@@H]3O)[C@H](O)[C@@H](O)[C@@H]2O)[C@H](O)[C@@H](O)[C@H]1O. The Bertz CT molecular complexity index is 931. The Hall–Kier alpha value is -0.840. The van der Waals surface area contributed by atoms with Crippen molar-refractivity contribution >= 4 is 0 Å². The van der Waals surface area contributed by atoms with Crippen LogP contribution >= 0.6 is 0 Å². The van der Waals surface area contributed by atoms with E-state index in [4.69, 9.17) is 33.2 Å². The second kappa shape index (κ2) is 15.1. The van der Waals surface area contributed by atoms with Crippen molar-refractivity contribution < 1.29 is 105 Å². The highest BCUT2D eigenvalue weighted by Crippen LogP contribution is 2.38. The average Bonchev–Trinajstić information content (AvgIpc) is 3.26. The van der Waals surface area contributed by atoms with Gasteiger partial charge in [-0.15, -0.1) is 0 Å². The first-order chi connectivity index (χ1) is 21.2. The molecule has 4 rings (SSSR count). The fourth-order valence-electron chi connectivity index (χ4n) is 5.46. The summed E-state index contributed by atoms with van der Waals surface area (Å²) in [5.74, 6) is -2.58. The van der Waals surface area contributed by atoms with Gasteiger partial charge in [-0.2, -0.15) is 0 Å².